The highest BCUT2D eigenvalue weighted by Gasteiger charge is 2.11. The number of ether oxygens (including phenoxy) is 1. The minimum atomic E-state index is -0.367. The van der Waals surface area contributed by atoms with Crippen molar-refractivity contribution in [2.24, 2.45) is 5.73 Å². The van der Waals surface area contributed by atoms with Crippen LogP contribution in [0.3, 0.4) is 0 Å². The maximum Gasteiger partial charge on any atom is 0.307 e. The van der Waals surface area contributed by atoms with Gasteiger partial charge < -0.3 is 15.8 Å². The Kier molecular flexibility index (Phi) is 5.46. The fourth-order valence-corrected chi connectivity index (χ4v) is 3.47. The second-order valence-corrected chi connectivity index (χ2v) is 6.81. The highest BCUT2D eigenvalue weighted by molar-refractivity contribution is 7.21. The molecule has 138 valence electrons. The summed E-state index contributed by atoms with van der Waals surface area (Å²) in [5, 5.41) is 11.0. The molecule has 27 heavy (non-hydrogen) atoms. The number of carbonyl (C=O) groups excluding carboxylic acids is 2. The van der Waals surface area contributed by atoms with Crippen LogP contribution in [-0.4, -0.2) is 36.4 Å². The second-order valence-electron chi connectivity index (χ2n) is 5.77. The predicted molar refractivity (Wildman–Crippen MR) is 105 cm³/mol. The third-order valence-corrected chi connectivity index (χ3v) is 5.00. The molecule has 0 spiro atoms. The summed E-state index contributed by atoms with van der Waals surface area (Å²) < 4.78 is 5.44. The topological polar surface area (TPSA) is 118 Å². The molecule has 0 radical (unpaired) electrons. The number of fused-ring (bicyclic) bond motifs is 1. The molecule has 0 atom stereocenters. The normalized spacial score (nSPS) is 10.6. The number of nitrogen functional groups attached to an aromatic ring is 1. The van der Waals surface area contributed by atoms with Gasteiger partial charge in [-0.05, 0) is 18.2 Å². The molecule has 8 heteroatoms. The minimum absolute atomic E-state index is 0.0219. The Labute approximate surface area is 159 Å². The minimum Gasteiger partial charge on any atom is -0.469 e. The Bertz CT molecular complexity index is 1010. The zero-order chi connectivity index (χ0) is 19.4. The highest BCUT2D eigenvalue weighted by atomic mass is 32.1. The molecule has 0 aliphatic rings. The molecule has 0 bridgehead atoms. The molecule has 4 N–H and O–H groups in total. The van der Waals surface area contributed by atoms with Gasteiger partial charge in [0.05, 0.1) is 23.7 Å². The van der Waals surface area contributed by atoms with Gasteiger partial charge in [-0.1, -0.05) is 24.3 Å². The molecular weight excluding hydrogens is 364 g/mol. The SMILES string of the molecule is COC(=O)CCNC(=O)c1ccc2nc(-c3ccc(C(=N)N)cc3)sc2c1. The summed E-state index contributed by atoms with van der Waals surface area (Å²) in [6.07, 6.45) is 0.130. The first-order valence-electron chi connectivity index (χ1n) is 8.18. The molecule has 0 saturated heterocycles. The summed E-state index contributed by atoms with van der Waals surface area (Å²) in [6.45, 7) is 0.222. The van der Waals surface area contributed by atoms with Crippen LogP contribution in [0, 0.1) is 5.41 Å². The number of hydrogen-bond acceptors (Lipinski definition) is 6. The number of amides is 1. The van der Waals surface area contributed by atoms with Crippen LogP contribution in [0.5, 0.6) is 0 Å². The molecule has 1 amide bonds. The lowest BCUT2D eigenvalue weighted by atomic mass is 10.1. The molecule has 0 aliphatic carbocycles. The standard InChI is InChI=1S/C19H18N4O3S/c1-26-16(24)8-9-22-18(25)13-6-7-14-15(10-13)27-19(23-14)12-4-2-11(3-5-12)17(20)21/h2-7,10H,8-9H2,1H3,(H3,20,21)(H,22,25). The summed E-state index contributed by atoms with van der Waals surface area (Å²) in [4.78, 5) is 27.9. The number of rotatable bonds is 6. The van der Waals surface area contributed by atoms with E-state index in [2.05, 4.69) is 15.0 Å². The Balaban J connectivity index is 1.77. The first-order chi connectivity index (χ1) is 13.0. The molecule has 3 rings (SSSR count). The number of amidine groups is 1. The molecule has 0 unspecified atom stereocenters. The van der Waals surface area contributed by atoms with Crippen LogP contribution in [-0.2, 0) is 9.53 Å². The van der Waals surface area contributed by atoms with Crippen molar-refractivity contribution in [1.82, 2.24) is 10.3 Å². The van der Waals surface area contributed by atoms with Crippen LogP contribution in [0.15, 0.2) is 42.5 Å². The maximum atomic E-state index is 12.2. The molecule has 0 saturated carbocycles. The largest absolute Gasteiger partial charge is 0.469 e. The van der Waals surface area contributed by atoms with Crippen molar-refractivity contribution in [2.45, 2.75) is 6.42 Å². The van der Waals surface area contributed by atoms with E-state index in [9.17, 15) is 9.59 Å². The molecular formula is C19H18N4O3S. The number of nitrogens with one attached hydrogen (secondary N) is 2. The molecule has 7 nitrogen and oxygen atoms in total. The Hall–Kier alpha value is -3.26. The summed E-state index contributed by atoms with van der Waals surface area (Å²) in [7, 11) is 1.31. The van der Waals surface area contributed by atoms with Crippen molar-refractivity contribution in [2.75, 3.05) is 13.7 Å². The van der Waals surface area contributed by atoms with E-state index >= 15 is 0 Å². The number of hydrogen-bond donors (Lipinski definition) is 3. The summed E-state index contributed by atoms with van der Waals surface area (Å²) in [6, 6.07) is 12.6. The van der Waals surface area contributed by atoms with Crippen molar-refractivity contribution in [1.29, 1.82) is 5.41 Å². The lowest BCUT2D eigenvalue weighted by Gasteiger charge is -2.04. The van der Waals surface area contributed by atoms with Crippen molar-refractivity contribution in [3.63, 3.8) is 0 Å². The van der Waals surface area contributed by atoms with Gasteiger partial charge >= 0.3 is 5.97 Å². The van der Waals surface area contributed by atoms with E-state index in [0.717, 1.165) is 20.8 Å². The van der Waals surface area contributed by atoms with Gasteiger partial charge in [-0.3, -0.25) is 15.0 Å². The average molecular weight is 382 g/mol. The van der Waals surface area contributed by atoms with E-state index in [4.69, 9.17) is 11.1 Å². The number of nitrogens with zero attached hydrogens (tertiary/aromatic N) is 1. The number of methoxy groups -OCH3 is 1. The number of benzene rings is 2. The number of esters is 1. The van der Waals surface area contributed by atoms with Crippen molar-refractivity contribution in [3.8, 4) is 10.6 Å². The summed E-state index contributed by atoms with van der Waals surface area (Å²) >= 11 is 1.48. The van der Waals surface area contributed by atoms with E-state index in [1.807, 2.05) is 12.1 Å². The van der Waals surface area contributed by atoms with Gasteiger partial charge in [0.15, 0.2) is 0 Å². The lowest BCUT2D eigenvalue weighted by Crippen LogP contribution is -2.26. The van der Waals surface area contributed by atoms with Crippen LogP contribution in [0.25, 0.3) is 20.8 Å². The Morgan fingerprint density at radius 3 is 2.56 bits per heavy atom. The number of nitrogens with two attached hydrogens (primary N) is 1. The predicted octanol–water partition coefficient (Wildman–Crippen LogP) is 2.54. The number of thiazole rings is 1. The van der Waals surface area contributed by atoms with Crippen molar-refractivity contribution in [3.05, 3.63) is 53.6 Å². The third-order valence-electron chi connectivity index (χ3n) is 3.94. The van der Waals surface area contributed by atoms with Gasteiger partial charge in [-0.15, -0.1) is 11.3 Å². The van der Waals surface area contributed by atoms with Gasteiger partial charge in [0.1, 0.15) is 10.8 Å². The van der Waals surface area contributed by atoms with E-state index in [-0.39, 0.29) is 30.7 Å². The van der Waals surface area contributed by atoms with Crippen LogP contribution in [0.2, 0.25) is 0 Å². The number of aromatic nitrogens is 1. The molecule has 2 aromatic carbocycles. The fraction of sp³-hybridized carbons (Fsp3) is 0.158. The zero-order valence-electron chi connectivity index (χ0n) is 14.6. The summed E-state index contributed by atoms with van der Waals surface area (Å²) in [5.41, 5.74) is 8.37. The van der Waals surface area contributed by atoms with Crippen molar-refractivity contribution >= 4 is 39.3 Å². The zero-order valence-corrected chi connectivity index (χ0v) is 15.4. The van der Waals surface area contributed by atoms with Gasteiger partial charge in [0.2, 0.25) is 0 Å². The first-order valence-corrected chi connectivity index (χ1v) is 9.00. The smallest absolute Gasteiger partial charge is 0.307 e. The van der Waals surface area contributed by atoms with E-state index in [1.54, 1.807) is 30.3 Å². The highest BCUT2D eigenvalue weighted by Crippen LogP contribution is 2.30. The number of carbonyl (C=O) groups is 2. The maximum absolute atomic E-state index is 12.2. The van der Waals surface area contributed by atoms with Crippen LogP contribution < -0.4 is 11.1 Å². The second kappa shape index (κ2) is 7.96. The van der Waals surface area contributed by atoms with Gasteiger partial charge in [0, 0.05) is 23.2 Å². The molecule has 1 aromatic heterocycles. The van der Waals surface area contributed by atoms with Crippen LogP contribution in [0.4, 0.5) is 0 Å². The summed E-state index contributed by atoms with van der Waals surface area (Å²) in [5.74, 6) is -0.594. The van der Waals surface area contributed by atoms with E-state index in [0.29, 0.717) is 11.1 Å². The van der Waals surface area contributed by atoms with Gasteiger partial charge in [-0.25, -0.2) is 4.98 Å². The Morgan fingerprint density at radius 2 is 1.89 bits per heavy atom. The van der Waals surface area contributed by atoms with E-state index in [1.165, 1.54) is 18.4 Å². The third kappa shape index (κ3) is 4.29. The van der Waals surface area contributed by atoms with Crippen LogP contribution >= 0.6 is 11.3 Å². The van der Waals surface area contributed by atoms with E-state index < -0.39 is 0 Å². The molecule has 0 aliphatic heterocycles. The van der Waals surface area contributed by atoms with Gasteiger partial charge in [-0.2, -0.15) is 0 Å². The average Bonchev–Trinajstić information content (AvgIpc) is 3.11. The molecule has 3 aromatic rings. The molecule has 1 heterocycles. The van der Waals surface area contributed by atoms with Crippen molar-refractivity contribution < 1.29 is 14.3 Å². The van der Waals surface area contributed by atoms with Crippen LogP contribution in [0.1, 0.15) is 22.3 Å². The Morgan fingerprint density at radius 1 is 1.19 bits per heavy atom. The molecule has 0 fully saturated rings. The lowest BCUT2D eigenvalue weighted by molar-refractivity contribution is -0.140. The van der Waals surface area contributed by atoms with Gasteiger partial charge in [0.25, 0.3) is 5.91 Å². The fourth-order valence-electron chi connectivity index (χ4n) is 2.46. The monoisotopic (exact) mass is 382 g/mol. The first kappa shape index (κ1) is 18.5. The quantitative estimate of drug-likeness (QED) is 0.344.